The van der Waals surface area contributed by atoms with Crippen molar-refractivity contribution in [3.63, 3.8) is 0 Å². The van der Waals surface area contributed by atoms with E-state index in [1.165, 1.54) is 12.8 Å². The normalized spacial score (nSPS) is 25.5. The van der Waals surface area contributed by atoms with Crippen molar-refractivity contribution in [2.24, 2.45) is 5.92 Å². The van der Waals surface area contributed by atoms with E-state index in [2.05, 4.69) is 21.2 Å². The van der Waals surface area contributed by atoms with Gasteiger partial charge in [-0.3, -0.25) is 4.79 Å². The highest BCUT2D eigenvalue weighted by atomic mass is 79.9. The summed E-state index contributed by atoms with van der Waals surface area (Å²) in [4.78, 5) is 11.5. The number of alkyl halides is 1. The zero-order chi connectivity index (χ0) is 11.1. The molecule has 15 heavy (non-hydrogen) atoms. The maximum Gasteiger partial charge on any atom is 0.246 e. The van der Waals surface area contributed by atoms with Gasteiger partial charge in [0.15, 0.2) is 0 Å². The molecule has 0 radical (unpaired) electrons. The first kappa shape index (κ1) is 13.0. The van der Waals surface area contributed by atoms with Crippen LogP contribution >= 0.6 is 15.9 Å². The summed E-state index contributed by atoms with van der Waals surface area (Å²) >= 11 is 3.49. The van der Waals surface area contributed by atoms with Crippen LogP contribution in [0.3, 0.4) is 0 Å². The van der Waals surface area contributed by atoms with Gasteiger partial charge in [0.25, 0.3) is 0 Å². The Bertz CT molecular complexity index is 199. The number of halogens is 1. The summed E-state index contributed by atoms with van der Waals surface area (Å²) < 4.78 is 5.20. The molecule has 2 unspecified atom stereocenters. The quantitative estimate of drug-likeness (QED) is 0.597. The van der Waals surface area contributed by atoms with Crippen LogP contribution in [0.4, 0.5) is 0 Å². The van der Waals surface area contributed by atoms with Gasteiger partial charge in [0.2, 0.25) is 5.91 Å². The zero-order valence-corrected chi connectivity index (χ0v) is 10.9. The van der Waals surface area contributed by atoms with E-state index >= 15 is 0 Å². The average molecular weight is 278 g/mol. The van der Waals surface area contributed by atoms with Crippen LogP contribution in [0.15, 0.2) is 0 Å². The molecule has 2 atom stereocenters. The van der Waals surface area contributed by atoms with Crippen molar-refractivity contribution in [2.45, 2.75) is 38.6 Å². The Balaban J connectivity index is 2.19. The van der Waals surface area contributed by atoms with Crippen LogP contribution in [0.2, 0.25) is 0 Å². The van der Waals surface area contributed by atoms with Crippen molar-refractivity contribution < 1.29 is 9.53 Å². The molecule has 1 aliphatic carbocycles. The minimum absolute atomic E-state index is 0.0290. The predicted octanol–water partition coefficient (Wildman–Crippen LogP) is 2.09. The Hall–Kier alpha value is -0.0900. The molecule has 1 fully saturated rings. The average Bonchev–Trinajstić information content (AvgIpc) is 2.65. The predicted molar refractivity (Wildman–Crippen MR) is 64.2 cm³/mol. The van der Waals surface area contributed by atoms with Crippen LogP contribution in [0.25, 0.3) is 0 Å². The zero-order valence-electron chi connectivity index (χ0n) is 9.30. The first-order valence-corrected chi connectivity index (χ1v) is 6.83. The highest BCUT2D eigenvalue weighted by Crippen LogP contribution is 2.26. The second-order valence-corrected chi connectivity index (χ2v) is 4.72. The lowest BCUT2D eigenvalue weighted by atomic mass is 10.1. The van der Waals surface area contributed by atoms with Gasteiger partial charge in [-0.1, -0.05) is 29.3 Å². The van der Waals surface area contributed by atoms with Crippen LogP contribution < -0.4 is 5.32 Å². The van der Waals surface area contributed by atoms with E-state index in [0.29, 0.717) is 18.6 Å². The van der Waals surface area contributed by atoms with Gasteiger partial charge in [0.05, 0.1) is 0 Å². The second-order valence-electron chi connectivity index (χ2n) is 4.07. The fraction of sp³-hybridized carbons (Fsp3) is 0.909. The molecule has 1 saturated carbocycles. The summed E-state index contributed by atoms with van der Waals surface area (Å²) in [5.41, 5.74) is 0. The molecule has 4 heteroatoms. The monoisotopic (exact) mass is 277 g/mol. The number of ether oxygens (including phenoxy) is 1. The SMILES string of the molecule is CCCOCC(=O)NC1CCCC1CBr. The molecule has 0 aromatic rings. The van der Waals surface area contributed by atoms with Gasteiger partial charge in [0.1, 0.15) is 6.61 Å². The smallest absolute Gasteiger partial charge is 0.246 e. The van der Waals surface area contributed by atoms with Crippen LogP contribution in [0, 0.1) is 5.92 Å². The summed E-state index contributed by atoms with van der Waals surface area (Å²) in [5, 5.41) is 4.02. The lowest BCUT2D eigenvalue weighted by Gasteiger charge is -2.18. The topological polar surface area (TPSA) is 38.3 Å². The van der Waals surface area contributed by atoms with Gasteiger partial charge in [-0.05, 0) is 25.2 Å². The Morgan fingerprint density at radius 1 is 1.53 bits per heavy atom. The van der Waals surface area contributed by atoms with Crippen LogP contribution in [-0.4, -0.2) is 30.5 Å². The van der Waals surface area contributed by atoms with E-state index in [4.69, 9.17) is 4.74 Å². The number of carbonyl (C=O) groups is 1. The fourth-order valence-electron chi connectivity index (χ4n) is 1.97. The van der Waals surface area contributed by atoms with Gasteiger partial charge < -0.3 is 10.1 Å². The third kappa shape index (κ3) is 4.51. The van der Waals surface area contributed by atoms with Gasteiger partial charge in [-0.25, -0.2) is 0 Å². The van der Waals surface area contributed by atoms with Crippen molar-refractivity contribution in [1.29, 1.82) is 0 Å². The Morgan fingerprint density at radius 3 is 3.00 bits per heavy atom. The molecule has 3 nitrogen and oxygen atoms in total. The minimum atomic E-state index is 0.0290. The van der Waals surface area contributed by atoms with Gasteiger partial charge in [-0.2, -0.15) is 0 Å². The van der Waals surface area contributed by atoms with Gasteiger partial charge >= 0.3 is 0 Å². The maximum absolute atomic E-state index is 11.5. The fourth-order valence-corrected chi connectivity index (χ4v) is 2.74. The number of amides is 1. The van der Waals surface area contributed by atoms with Crippen LogP contribution in [0.1, 0.15) is 32.6 Å². The van der Waals surface area contributed by atoms with E-state index in [-0.39, 0.29) is 12.5 Å². The lowest BCUT2D eigenvalue weighted by molar-refractivity contribution is -0.126. The second kappa shape index (κ2) is 7.23. The van der Waals surface area contributed by atoms with Crippen LogP contribution in [0.5, 0.6) is 0 Å². The molecule has 1 rings (SSSR count). The number of hydrogen-bond acceptors (Lipinski definition) is 2. The van der Waals surface area contributed by atoms with Crippen molar-refractivity contribution in [3.05, 3.63) is 0 Å². The first-order chi connectivity index (χ1) is 7.27. The van der Waals surface area contributed by atoms with E-state index in [1.807, 2.05) is 6.92 Å². The van der Waals surface area contributed by atoms with E-state index < -0.39 is 0 Å². The third-order valence-electron chi connectivity index (χ3n) is 2.79. The molecule has 0 spiro atoms. The summed E-state index contributed by atoms with van der Waals surface area (Å²) in [6.07, 6.45) is 4.50. The van der Waals surface area contributed by atoms with Gasteiger partial charge in [0, 0.05) is 18.0 Å². The molecule has 0 bridgehead atoms. The molecule has 1 aliphatic rings. The molecule has 0 saturated heterocycles. The van der Waals surface area contributed by atoms with Crippen molar-refractivity contribution in [2.75, 3.05) is 18.5 Å². The summed E-state index contributed by atoms with van der Waals surface area (Å²) in [6, 6.07) is 0.349. The van der Waals surface area contributed by atoms with Crippen molar-refractivity contribution in [1.82, 2.24) is 5.32 Å². The van der Waals surface area contributed by atoms with E-state index in [9.17, 15) is 4.79 Å². The van der Waals surface area contributed by atoms with Crippen molar-refractivity contribution >= 4 is 21.8 Å². The number of carbonyl (C=O) groups excluding carboxylic acids is 1. The number of hydrogen-bond donors (Lipinski definition) is 1. The molecule has 88 valence electrons. The Labute approximate surface area is 100 Å². The van der Waals surface area contributed by atoms with Gasteiger partial charge in [-0.15, -0.1) is 0 Å². The lowest BCUT2D eigenvalue weighted by Crippen LogP contribution is -2.39. The summed E-state index contributed by atoms with van der Waals surface area (Å²) in [7, 11) is 0. The molecule has 0 aliphatic heterocycles. The van der Waals surface area contributed by atoms with Crippen molar-refractivity contribution in [3.8, 4) is 0 Å². The maximum atomic E-state index is 11.5. The first-order valence-electron chi connectivity index (χ1n) is 5.71. The summed E-state index contributed by atoms with van der Waals surface area (Å²) in [6.45, 7) is 2.91. The molecular weight excluding hydrogens is 258 g/mol. The molecular formula is C11H20BrNO2. The highest BCUT2D eigenvalue weighted by molar-refractivity contribution is 9.09. The molecule has 0 aromatic carbocycles. The van der Waals surface area contributed by atoms with E-state index in [0.717, 1.165) is 18.2 Å². The Kier molecular flexibility index (Phi) is 6.25. The van der Waals surface area contributed by atoms with E-state index in [1.54, 1.807) is 0 Å². The number of nitrogens with one attached hydrogen (secondary N) is 1. The molecule has 1 amide bonds. The standard InChI is InChI=1S/C11H20BrNO2/c1-2-6-15-8-11(14)13-10-5-3-4-9(10)7-12/h9-10H,2-8H2,1H3,(H,13,14). The highest BCUT2D eigenvalue weighted by Gasteiger charge is 2.27. The largest absolute Gasteiger partial charge is 0.372 e. The third-order valence-corrected chi connectivity index (χ3v) is 3.62. The molecule has 1 N–H and O–H groups in total. The molecule has 0 aromatic heterocycles. The summed E-state index contributed by atoms with van der Waals surface area (Å²) in [5.74, 6) is 0.626. The van der Waals surface area contributed by atoms with Crippen LogP contribution in [-0.2, 0) is 9.53 Å². The molecule has 0 heterocycles. The number of rotatable bonds is 6. The minimum Gasteiger partial charge on any atom is -0.372 e. The Morgan fingerprint density at radius 2 is 2.33 bits per heavy atom.